The molecule has 0 bridgehead atoms. The molecule has 2 aliphatic carbocycles. The molecule has 1 N–H and O–H groups in total. The highest BCUT2D eigenvalue weighted by atomic mass is 19.4. The molecule has 4 rings (SSSR count). The summed E-state index contributed by atoms with van der Waals surface area (Å²) in [4.78, 5) is 39.0. The van der Waals surface area contributed by atoms with Gasteiger partial charge in [0.2, 0.25) is 0 Å². The van der Waals surface area contributed by atoms with Gasteiger partial charge in [-0.2, -0.15) is 18.2 Å². The minimum Gasteiger partial charge on any atom is -0.272 e. The smallest absolute Gasteiger partial charge is 0.272 e. The van der Waals surface area contributed by atoms with Gasteiger partial charge in [-0.05, 0) is 68.2 Å². The molecular formula is C22H23F3N2O3. The number of hydrogen-bond acceptors (Lipinski definition) is 3. The van der Waals surface area contributed by atoms with E-state index in [9.17, 15) is 27.6 Å². The minimum absolute atomic E-state index is 0.0194. The maximum absolute atomic E-state index is 13.3. The number of benzene rings is 1. The highest BCUT2D eigenvalue weighted by Gasteiger charge is 2.71. The molecule has 0 radical (unpaired) electrons. The van der Waals surface area contributed by atoms with Crippen LogP contribution in [-0.2, 0) is 15.8 Å². The zero-order valence-electron chi connectivity index (χ0n) is 16.9. The Morgan fingerprint density at radius 3 is 2.40 bits per heavy atom. The molecule has 6 atom stereocenters. The Bertz CT molecular complexity index is 940. The van der Waals surface area contributed by atoms with Crippen molar-refractivity contribution in [2.75, 3.05) is 0 Å². The molecule has 1 heterocycles. The summed E-state index contributed by atoms with van der Waals surface area (Å²) in [7, 11) is 0. The van der Waals surface area contributed by atoms with Crippen molar-refractivity contribution in [3.05, 3.63) is 47.5 Å². The van der Waals surface area contributed by atoms with Gasteiger partial charge in [-0.15, -0.1) is 0 Å². The summed E-state index contributed by atoms with van der Waals surface area (Å²) in [5.74, 6) is -1.58. The normalized spacial score (nSPS) is 35.4. The molecule has 30 heavy (non-hydrogen) atoms. The quantitative estimate of drug-likeness (QED) is 0.597. The third-order valence-corrected chi connectivity index (χ3v) is 7.13. The molecule has 2 unspecified atom stereocenters. The van der Waals surface area contributed by atoms with Crippen molar-refractivity contribution >= 4 is 17.7 Å². The summed E-state index contributed by atoms with van der Waals surface area (Å²) < 4.78 is 38.2. The first kappa shape index (κ1) is 20.6. The van der Waals surface area contributed by atoms with Crippen LogP contribution in [0.3, 0.4) is 0 Å². The number of carbonyl (C=O) groups is 3. The van der Waals surface area contributed by atoms with Gasteiger partial charge in [0.15, 0.2) is 0 Å². The van der Waals surface area contributed by atoms with Crippen LogP contribution in [0.4, 0.5) is 13.2 Å². The van der Waals surface area contributed by atoms with Crippen molar-refractivity contribution in [1.82, 2.24) is 10.4 Å². The number of imide groups is 1. The molecule has 2 saturated carbocycles. The number of halogens is 3. The SMILES string of the molecule is C/C=C\C1[C@@H]2C[C@@H]2C(C)[C@@H]2C(=O)N(NC(=O)c3ccc(C(F)(F)F)cc3)C(=O)[C@]12C. The predicted octanol–water partition coefficient (Wildman–Crippen LogP) is 3.82. The van der Waals surface area contributed by atoms with E-state index in [1.54, 1.807) is 6.92 Å². The summed E-state index contributed by atoms with van der Waals surface area (Å²) >= 11 is 0. The number of hydrazine groups is 1. The number of rotatable bonds is 3. The van der Waals surface area contributed by atoms with Crippen molar-refractivity contribution in [3.8, 4) is 0 Å². The van der Waals surface area contributed by atoms with Gasteiger partial charge < -0.3 is 0 Å². The summed E-state index contributed by atoms with van der Waals surface area (Å²) in [6.07, 6.45) is 0.342. The van der Waals surface area contributed by atoms with E-state index in [0.717, 1.165) is 35.7 Å². The zero-order chi connectivity index (χ0) is 22.0. The molecule has 1 aromatic carbocycles. The van der Waals surface area contributed by atoms with Crippen LogP contribution in [0.5, 0.6) is 0 Å². The molecule has 3 amide bonds. The van der Waals surface area contributed by atoms with E-state index in [0.29, 0.717) is 11.8 Å². The third-order valence-electron chi connectivity index (χ3n) is 7.13. The van der Waals surface area contributed by atoms with Gasteiger partial charge in [0.25, 0.3) is 17.7 Å². The van der Waals surface area contributed by atoms with Crippen molar-refractivity contribution in [1.29, 1.82) is 0 Å². The molecule has 8 heteroatoms. The molecule has 3 aliphatic rings. The van der Waals surface area contributed by atoms with Gasteiger partial charge in [0.05, 0.1) is 16.9 Å². The first-order valence-electron chi connectivity index (χ1n) is 10.0. The number of allylic oxidation sites excluding steroid dienone is 2. The van der Waals surface area contributed by atoms with E-state index < -0.39 is 40.8 Å². The molecule has 1 aliphatic heterocycles. The molecule has 5 nitrogen and oxygen atoms in total. The van der Waals surface area contributed by atoms with E-state index in [-0.39, 0.29) is 17.4 Å². The Kier molecular flexibility index (Phi) is 4.60. The lowest BCUT2D eigenvalue weighted by atomic mass is 9.58. The molecule has 160 valence electrons. The molecule has 1 saturated heterocycles. The van der Waals surface area contributed by atoms with E-state index in [1.807, 2.05) is 26.0 Å². The molecular weight excluding hydrogens is 397 g/mol. The summed E-state index contributed by atoms with van der Waals surface area (Å²) in [6.45, 7) is 5.64. The Labute approximate surface area is 172 Å². The number of nitrogens with one attached hydrogen (secondary N) is 1. The number of alkyl halides is 3. The van der Waals surface area contributed by atoms with Crippen LogP contribution in [0.15, 0.2) is 36.4 Å². The van der Waals surface area contributed by atoms with Crippen molar-refractivity contribution in [3.63, 3.8) is 0 Å². The second kappa shape index (κ2) is 6.68. The molecule has 3 fully saturated rings. The third kappa shape index (κ3) is 2.87. The minimum atomic E-state index is -4.51. The van der Waals surface area contributed by atoms with Crippen LogP contribution >= 0.6 is 0 Å². The predicted molar refractivity (Wildman–Crippen MR) is 101 cm³/mol. The fraction of sp³-hybridized carbons (Fsp3) is 0.500. The first-order chi connectivity index (χ1) is 14.0. The monoisotopic (exact) mass is 420 g/mol. The summed E-state index contributed by atoms with van der Waals surface area (Å²) in [6, 6.07) is 3.64. The molecule has 0 aromatic heterocycles. The largest absolute Gasteiger partial charge is 0.416 e. The van der Waals surface area contributed by atoms with Crippen LogP contribution in [-0.4, -0.2) is 22.7 Å². The number of nitrogens with zero attached hydrogens (tertiary/aromatic N) is 1. The summed E-state index contributed by atoms with van der Waals surface area (Å²) in [5, 5.41) is 0.780. The standard InChI is InChI=1S/C22H23F3N2O3/c1-4-5-16-15-10-14(15)11(2)17-19(29)27(20(30)21(16,17)3)26-18(28)12-6-8-13(9-7-12)22(23,24)25/h4-9,11,14-17H,10H2,1-3H3,(H,26,28)/b5-4-/t11?,14-,15-,16?,17-,21-/m1/s1. The average molecular weight is 420 g/mol. The maximum atomic E-state index is 13.3. The van der Waals surface area contributed by atoms with Crippen LogP contribution in [0.1, 0.15) is 43.1 Å². The lowest BCUT2D eigenvalue weighted by Crippen LogP contribution is -2.49. The Balaban J connectivity index is 1.59. The van der Waals surface area contributed by atoms with Gasteiger partial charge in [-0.3, -0.25) is 19.8 Å². The highest BCUT2D eigenvalue weighted by Crippen LogP contribution is 2.66. The first-order valence-corrected chi connectivity index (χ1v) is 10.0. The van der Waals surface area contributed by atoms with Crippen molar-refractivity contribution in [2.24, 2.45) is 35.0 Å². The number of amides is 3. The molecule has 0 spiro atoms. The summed E-state index contributed by atoms with van der Waals surface area (Å²) in [5.41, 5.74) is 0.440. The van der Waals surface area contributed by atoms with Crippen molar-refractivity contribution in [2.45, 2.75) is 33.4 Å². The lowest BCUT2D eigenvalue weighted by Gasteiger charge is -2.41. The zero-order valence-corrected chi connectivity index (χ0v) is 16.9. The van der Waals surface area contributed by atoms with Crippen LogP contribution < -0.4 is 5.43 Å². The van der Waals surface area contributed by atoms with Crippen LogP contribution in [0.25, 0.3) is 0 Å². The Hall–Kier alpha value is -2.64. The number of carbonyl (C=O) groups excluding carboxylic acids is 3. The van der Waals surface area contributed by atoms with E-state index >= 15 is 0 Å². The van der Waals surface area contributed by atoms with E-state index in [4.69, 9.17) is 0 Å². The van der Waals surface area contributed by atoms with Gasteiger partial charge in [0.1, 0.15) is 0 Å². The highest BCUT2D eigenvalue weighted by molar-refractivity contribution is 6.10. The fourth-order valence-electron chi connectivity index (χ4n) is 5.57. The number of fused-ring (bicyclic) bond motifs is 2. The fourth-order valence-corrected chi connectivity index (χ4v) is 5.57. The maximum Gasteiger partial charge on any atom is 0.416 e. The lowest BCUT2D eigenvalue weighted by molar-refractivity contribution is -0.145. The second-order valence-corrected chi connectivity index (χ2v) is 8.73. The second-order valence-electron chi connectivity index (χ2n) is 8.73. The van der Waals surface area contributed by atoms with Gasteiger partial charge >= 0.3 is 6.18 Å². The van der Waals surface area contributed by atoms with Crippen LogP contribution in [0.2, 0.25) is 0 Å². The Morgan fingerprint density at radius 2 is 1.83 bits per heavy atom. The van der Waals surface area contributed by atoms with Gasteiger partial charge in [0, 0.05) is 5.56 Å². The Morgan fingerprint density at radius 1 is 1.20 bits per heavy atom. The van der Waals surface area contributed by atoms with Crippen LogP contribution in [0, 0.1) is 35.0 Å². The van der Waals surface area contributed by atoms with Gasteiger partial charge in [-0.25, -0.2) is 0 Å². The average Bonchev–Trinajstić information content (AvgIpc) is 3.45. The van der Waals surface area contributed by atoms with Crippen molar-refractivity contribution < 1.29 is 27.6 Å². The van der Waals surface area contributed by atoms with E-state index in [2.05, 4.69) is 5.43 Å². The molecule has 1 aromatic rings. The van der Waals surface area contributed by atoms with E-state index in [1.165, 1.54) is 0 Å². The number of hydrogen-bond donors (Lipinski definition) is 1. The topological polar surface area (TPSA) is 66.5 Å². The van der Waals surface area contributed by atoms with Gasteiger partial charge in [-0.1, -0.05) is 19.1 Å².